The van der Waals surface area contributed by atoms with E-state index in [1.54, 1.807) is 13.8 Å². The Morgan fingerprint density at radius 3 is 2.86 bits per heavy atom. The highest BCUT2D eigenvalue weighted by molar-refractivity contribution is 6.08. The smallest absolute Gasteiger partial charge is 0.465 e. The van der Waals surface area contributed by atoms with E-state index in [1.165, 1.54) is 18.2 Å². The zero-order valence-electron chi connectivity index (χ0n) is 15.4. The lowest BCUT2D eigenvalue weighted by Crippen LogP contribution is -2.44. The molecule has 3 atom stereocenters. The maximum atomic E-state index is 13.9. The minimum Gasteiger partial charge on any atom is -0.465 e. The quantitative estimate of drug-likeness (QED) is 0.712. The first-order chi connectivity index (χ1) is 13.7. The van der Waals surface area contributed by atoms with Gasteiger partial charge in [0.15, 0.2) is 11.5 Å². The molecule has 7 nitrogen and oxygen atoms in total. The van der Waals surface area contributed by atoms with Crippen LogP contribution in [0.25, 0.3) is 0 Å². The first-order valence-corrected chi connectivity index (χ1v) is 8.87. The summed E-state index contributed by atoms with van der Waals surface area (Å²) in [6, 6.07) is 4.02. The number of carbonyl (C=O) groups is 2. The minimum atomic E-state index is -4.17. The molecule has 0 spiro atoms. The van der Waals surface area contributed by atoms with Gasteiger partial charge in [-0.1, -0.05) is 12.1 Å². The van der Waals surface area contributed by atoms with Gasteiger partial charge >= 0.3 is 24.4 Å². The fourth-order valence-corrected chi connectivity index (χ4v) is 3.72. The van der Waals surface area contributed by atoms with E-state index >= 15 is 0 Å². The highest BCUT2D eigenvalue weighted by atomic mass is 19.3. The average molecular weight is 411 g/mol. The number of aliphatic imine (C=N–C) groups is 1. The molecule has 29 heavy (non-hydrogen) atoms. The predicted molar refractivity (Wildman–Crippen MR) is 91.5 cm³/mol. The molecule has 0 bridgehead atoms. The first-order valence-electron chi connectivity index (χ1n) is 8.87. The number of ether oxygens (including phenoxy) is 4. The summed E-state index contributed by atoms with van der Waals surface area (Å²) in [5.74, 6) is -4.15. The fraction of sp³-hybridized carbons (Fsp3) is 0.421. The molecule has 0 N–H and O–H groups in total. The number of halogens is 3. The van der Waals surface area contributed by atoms with Crippen LogP contribution in [0, 0.1) is 5.92 Å². The van der Waals surface area contributed by atoms with Crippen LogP contribution in [0.5, 0.6) is 11.5 Å². The van der Waals surface area contributed by atoms with Gasteiger partial charge in [0, 0.05) is 17.2 Å². The number of hydrogen-bond donors (Lipinski definition) is 0. The molecule has 1 aromatic rings. The fourth-order valence-electron chi connectivity index (χ4n) is 3.72. The van der Waals surface area contributed by atoms with Crippen molar-refractivity contribution >= 4 is 17.7 Å². The molecular formula is C19H16F3NO6. The molecule has 0 saturated carbocycles. The Balaban J connectivity index is 1.88. The second-order valence-electron chi connectivity index (χ2n) is 6.67. The first kappa shape index (κ1) is 19.3. The Labute approximate surface area is 163 Å². The Kier molecular flexibility index (Phi) is 4.51. The molecule has 3 heterocycles. The molecular weight excluding hydrogens is 395 g/mol. The molecule has 154 valence electrons. The van der Waals surface area contributed by atoms with E-state index in [2.05, 4.69) is 9.73 Å². The van der Waals surface area contributed by atoms with E-state index in [0.29, 0.717) is 11.4 Å². The Morgan fingerprint density at radius 1 is 1.38 bits per heavy atom. The Bertz CT molecular complexity index is 957. The third-order valence-corrected chi connectivity index (χ3v) is 4.89. The maximum absolute atomic E-state index is 13.9. The van der Waals surface area contributed by atoms with Crippen LogP contribution in [-0.4, -0.2) is 43.3 Å². The second kappa shape index (κ2) is 6.78. The number of rotatable bonds is 3. The number of benzene rings is 1. The van der Waals surface area contributed by atoms with Gasteiger partial charge in [0.2, 0.25) is 0 Å². The van der Waals surface area contributed by atoms with Crippen LogP contribution in [0.1, 0.15) is 25.3 Å². The summed E-state index contributed by atoms with van der Waals surface area (Å²) in [6.07, 6.45) is -7.23. The minimum absolute atomic E-state index is 0.0803. The molecule has 10 heteroatoms. The van der Waals surface area contributed by atoms with Crippen molar-refractivity contribution in [3.63, 3.8) is 0 Å². The van der Waals surface area contributed by atoms with Crippen LogP contribution in [0.15, 0.2) is 34.5 Å². The molecule has 1 aromatic carbocycles. The molecule has 3 aliphatic heterocycles. The van der Waals surface area contributed by atoms with Gasteiger partial charge in [-0.3, -0.25) is 9.79 Å². The molecule has 0 amide bonds. The highest BCUT2D eigenvalue weighted by Gasteiger charge is 2.52. The Morgan fingerprint density at radius 2 is 2.14 bits per heavy atom. The van der Waals surface area contributed by atoms with Crippen molar-refractivity contribution in [3.05, 3.63) is 35.0 Å². The number of fused-ring (bicyclic) bond motifs is 1. The van der Waals surface area contributed by atoms with Crippen molar-refractivity contribution in [2.75, 3.05) is 13.2 Å². The van der Waals surface area contributed by atoms with Crippen LogP contribution < -0.4 is 9.47 Å². The monoisotopic (exact) mass is 411 g/mol. The SMILES string of the molecule is CCOC(=O)C1C(C)=NC2=C(C(=O)OC2)C1c1cccc2c1OC(F)C(F)(F)O2. The van der Waals surface area contributed by atoms with E-state index in [9.17, 15) is 22.8 Å². The van der Waals surface area contributed by atoms with Gasteiger partial charge in [-0.05, 0) is 19.9 Å². The van der Waals surface area contributed by atoms with E-state index in [-0.39, 0.29) is 30.1 Å². The van der Waals surface area contributed by atoms with Gasteiger partial charge in [-0.25, -0.2) is 4.79 Å². The number of para-hydroxylation sites is 1. The maximum Gasteiger partial charge on any atom is 0.468 e. The molecule has 0 aliphatic carbocycles. The molecule has 0 radical (unpaired) electrons. The van der Waals surface area contributed by atoms with Crippen molar-refractivity contribution < 1.29 is 41.7 Å². The summed E-state index contributed by atoms with van der Waals surface area (Å²) in [4.78, 5) is 29.4. The van der Waals surface area contributed by atoms with Gasteiger partial charge in [0.1, 0.15) is 12.5 Å². The van der Waals surface area contributed by atoms with Crippen LogP contribution in [0.4, 0.5) is 13.2 Å². The van der Waals surface area contributed by atoms with Gasteiger partial charge in [0.05, 0.1) is 17.9 Å². The number of cyclic esters (lactones) is 1. The summed E-state index contributed by atoms with van der Waals surface area (Å²) in [6.45, 7) is 3.19. The lowest BCUT2D eigenvalue weighted by Gasteiger charge is -2.34. The third-order valence-electron chi connectivity index (χ3n) is 4.89. The van der Waals surface area contributed by atoms with Crippen molar-refractivity contribution in [1.82, 2.24) is 0 Å². The zero-order valence-corrected chi connectivity index (χ0v) is 15.4. The summed E-state index contributed by atoms with van der Waals surface area (Å²) >= 11 is 0. The normalized spacial score (nSPS) is 27.1. The Hall–Kier alpha value is -3.04. The summed E-state index contributed by atoms with van der Waals surface area (Å²) in [7, 11) is 0. The van der Waals surface area contributed by atoms with E-state index in [1.807, 2.05) is 0 Å². The number of nitrogens with zero attached hydrogens (tertiary/aromatic N) is 1. The molecule has 0 saturated heterocycles. The van der Waals surface area contributed by atoms with Crippen LogP contribution in [-0.2, 0) is 19.1 Å². The number of alkyl halides is 3. The second-order valence-corrected chi connectivity index (χ2v) is 6.67. The van der Waals surface area contributed by atoms with Crippen LogP contribution in [0.2, 0.25) is 0 Å². The van der Waals surface area contributed by atoms with E-state index < -0.39 is 42.0 Å². The molecule has 3 unspecified atom stereocenters. The lowest BCUT2D eigenvalue weighted by atomic mass is 9.75. The number of carbonyl (C=O) groups excluding carboxylic acids is 2. The predicted octanol–water partition coefficient (Wildman–Crippen LogP) is 2.89. The number of esters is 2. The van der Waals surface area contributed by atoms with Gasteiger partial charge in [-0.15, -0.1) is 0 Å². The third kappa shape index (κ3) is 3.02. The molecule has 3 aliphatic rings. The summed E-state index contributed by atoms with van der Waals surface area (Å²) in [5, 5.41) is 0. The van der Waals surface area contributed by atoms with Crippen LogP contribution in [0.3, 0.4) is 0 Å². The molecule has 0 fully saturated rings. The number of hydrogen-bond acceptors (Lipinski definition) is 7. The van der Waals surface area contributed by atoms with Crippen molar-refractivity contribution in [2.24, 2.45) is 10.9 Å². The topological polar surface area (TPSA) is 83.4 Å². The summed E-state index contributed by atoms with van der Waals surface area (Å²) in [5.41, 5.74) is 0.870. The van der Waals surface area contributed by atoms with E-state index in [0.717, 1.165) is 0 Å². The van der Waals surface area contributed by atoms with Gasteiger partial charge in [-0.2, -0.15) is 13.2 Å². The van der Waals surface area contributed by atoms with Crippen molar-refractivity contribution in [1.29, 1.82) is 0 Å². The largest absolute Gasteiger partial charge is 0.468 e. The lowest BCUT2D eigenvalue weighted by molar-refractivity contribution is -0.281. The summed E-state index contributed by atoms with van der Waals surface area (Å²) < 4.78 is 60.5. The molecule has 4 rings (SSSR count). The van der Waals surface area contributed by atoms with Gasteiger partial charge in [0.25, 0.3) is 0 Å². The van der Waals surface area contributed by atoms with E-state index in [4.69, 9.17) is 14.2 Å². The van der Waals surface area contributed by atoms with Gasteiger partial charge < -0.3 is 18.9 Å². The standard InChI is InChI=1S/C19H16F3NO6/c1-3-26-16(24)12-8(2)23-10-7-27-17(25)14(10)13(12)9-5-4-6-11-15(9)28-18(20)19(21,22)29-11/h4-6,12-13,18H,3,7H2,1-2H3. The zero-order chi connectivity index (χ0) is 20.9. The van der Waals surface area contributed by atoms with Crippen molar-refractivity contribution in [2.45, 2.75) is 32.2 Å². The average Bonchev–Trinajstić information content (AvgIpc) is 3.01. The highest BCUT2D eigenvalue weighted by Crippen LogP contribution is 2.50. The molecule has 0 aromatic heterocycles. The van der Waals surface area contributed by atoms with Crippen LogP contribution >= 0.6 is 0 Å². The van der Waals surface area contributed by atoms with Crippen molar-refractivity contribution in [3.8, 4) is 11.5 Å².